The van der Waals surface area contributed by atoms with Crippen LogP contribution in [0.2, 0.25) is 0 Å². The van der Waals surface area contributed by atoms with Crippen LogP contribution in [0, 0.1) is 0 Å². The van der Waals surface area contributed by atoms with Crippen molar-refractivity contribution in [2.45, 2.75) is 20.3 Å². The number of anilines is 1. The molecule has 0 saturated carbocycles. The summed E-state index contributed by atoms with van der Waals surface area (Å²) in [6, 6.07) is 4.79. The molecule has 0 aliphatic heterocycles. The Morgan fingerprint density at radius 3 is 2.56 bits per heavy atom. The average molecular weight is 221 g/mol. The van der Waals surface area contributed by atoms with E-state index in [0.717, 1.165) is 0 Å². The Morgan fingerprint density at radius 1 is 1.31 bits per heavy atom. The number of nitrogen functional groups attached to an aromatic ring is 1. The predicted octanol–water partition coefficient (Wildman–Crippen LogP) is 2.04. The summed E-state index contributed by atoms with van der Waals surface area (Å²) in [4.78, 5) is 23.3. The molecule has 86 valence electrons. The van der Waals surface area contributed by atoms with Gasteiger partial charge in [-0.3, -0.25) is 4.79 Å². The Bertz CT molecular complexity index is 413. The highest BCUT2D eigenvalue weighted by molar-refractivity contribution is 6.09. The lowest BCUT2D eigenvalue weighted by Crippen LogP contribution is -2.13. The number of ether oxygens (including phenoxy) is 1. The van der Waals surface area contributed by atoms with Gasteiger partial charge in [-0.25, -0.2) is 4.79 Å². The van der Waals surface area contributed by atoms with Gasteiger partial charge in [0.1, 0.15) is 0 Å². The third-order valence-electron chi connectivity index (χ3n) is 2.19. The molecule has 0 unspecified atom stereocenters. The first kappa shape index (κ1) is 12.2. The van der Waals surface area contributed by atoms with Gasteiger partial charge >= 0.3 is 5.97 Å². The Balaban J connectivity index is 3.22. The lowest BCUT2D eigenvalue weighted by Gasteiger charge is -2.09. The van der Waals surface area contributed by atoms with E-state index in [0.29, 0.717) is 12.1 Å². The summed E-state index contributed by atoms with van der Waals surface area (Å²) >= 11 is 0. The highest BCUT2D eigenvalue weighted by atomic mass is 16.5. The van der Waals surface area contributed by atoms with Gasteiger partial charge in [-0.05, 0) is 19.1 Å². The number of Topliss-reactive ketones (excluding diaryl/α,β-unsaturated/α-hetero) is 1. The van der Waals surface area contributed by atoms with E-state index in [-0.39, 0.29) is 23.5 Å². The minimum atomic E-state index is -0.508. The summed E-state index contributed by atoms with van der Waals surface area (Å²) in [5.74, 6) is -0.659. The second kappa shape index (κ2) is 5.30. The molecule has 0 aliphatic rings. The lowest BCUT2D eigenvalue weighted by molar-refractivity contribution is 0.0523. The van der Waals surface area contributed by atoms with Gasteiger partial charge in [0.2, 0.25) is 0 Å². The highest BCUT2D eigenvalue weighted by Gasteiger charge is 2.19. The van der Waals surface area contributed by atoms with Crippen LogP contribution in [0.4, 0.5) is 5.69 Å². The summed E-state index contributed by atoms with van der Waals surface area (Å²) < 4.78 is 4.87. The first-order valence-electron chi connectivity index (χ1n) is 5.20. The van der Waals surface area contributed by atoms with Crippen molar-refractivity contribution in [3.63, 3.8) is 0 Å². The number of ketones is 1. The first-order chi connectivity index (χ1) is 7.61. The van der Waals surface area contributed by atoms with E-state index in [1.807, 2.05) is 0 Å². The van der Waals surface area contributed by atoms with Gasteiger partial charge in [0, 0.05) is 12.1 Å². The minimum absolute atomic E-state index is 0.152. The Labute approximate surface area is 94.4 Å². The summed E-state index contributed by atoms with van der Waals surface area (Å²) in [6.45, 7) is 3.71. The molecule has 0 saturated heterocycles. The van der Waals surface area contributed by atoms with Crippen molar-refractivity contribution in [1.82, 2.24) is 0 Å². The smallest absolute Gasteiger partial charge is 0.338 e. The molecule has 0 spiro atoms. The third-order valence-corrected chi connectivity index (χ3v) is 2.19. The maximum absolute atomic E-state index is 11.7. The number of carbonyl (C=O) groups is 2. The average Bonchev–Trinajstić information content (AvgIpc) is 2.28. The molecule has 0 bridgehead atoms. The van der Waals surface area contributed by atoms with Gasteiger partial charge in [0.15, 0.2) is 5.78 Å². The normalized spacial score (nSPS) is 9.88. The molecule has 0 fully saturated rings. The van der Waals surface area contributed by atoms with Crippen LogP contribution in [-0.2, 0) is 4.74 Å². The van der Waals surface area contributed by atoms with Gasteiger partial charge < -0.3 is 10.5 Å². The molecule has 0 aromatic heterocycles. The Hall–Kier alpha value is -1.84. The van der Waals surface area contributed by atoms with Crippen LogP contribution in [0.25, 0.3) is 0 Å². The molecular weight excluding hydrogens is 206 g/mol. The third kappa shape index (κ3) is 2.39. The summed E-state index contributed by atoms with van der Waals surface area (Å²) in [5, 5.41) is 0. The van der Waals surface area contributed by atoms with Crippen LogP contribution in [-0.4, -0.2) is 18.4 Å². The molecule has 0 aliphatic carbocycles. The largest absolute Gasteiger partial charge is 0.462 e. The van der Waals surface area contributed by atoms with Crippen molar-refractivity contribution >= 4 is 17.4 Å². The van der Waals surface area contributed by atoms with E-state index in [4.69, 9.17) is 10.5 Å². The van der Waals surface area contributed by atoms with Crippen LogP contribution in [0.1, 0.15) is 41.0 Å². The van der Waals surface area contributed by atoms with Crippen molar-refractivity contribution in [1.29, 1.82) is 0 Å². The monoisotopic (exact) mass is 221 g/mol. The predicted molar refractivity (Wildman–Crippen MR) is 61.4 cm³/mol. The van der Waals surface area contributed by atoms with Crippen LogP contribution >= 0.6 is 0 Å². The summed E-state index contributed by atoms with van der Waals surface area (Å²) in [5.41, 5.74) is 6.53. The molecule has 1 aromatic rings. The molecule has 0 amide bonds. The van der Waals surface area contributed by atoms with Gasteiger partial charge in [-0.2, -0.15) is 0 Å². The van der Waals surface area contributed by atoms with Gasteiger partial charge in [0.05, 0.1) is 17.7 Å². The SMILES string of the molecule is CCOC(=O)c1cccc(N)c1C(=O)CC. The summed E-state index contributed by atoms with van der Waals surface area (Å²) in [7, 11) is 0. The maximum Gasteiger partial charge on any atom is 0.338 e. The fourth-order valence-corrected chi connectivity index (χ4v) is 1.44. The van der Waals surface area contributed by atoms with E-state index in [1.54, 1.807) is 32.0 Å². The molecule has 4 nitrogen and oxygen atoms in total. The number of hydrogen-bond donors (Lipinski definition) is 1. The quantitative estimate of drug-likeness (QED) is 0.480. The summed E-state index contributed by atoms with van der Waals surface area (Å²) in [6.07, 6.45) is 0.306. The molecule has 4 heteroatoms. The van der Waals surface area contributed by atoms with Gasteiger partial charge in [-0.15, -0.1) is 0 Å². The fraction of sp³-hybridized carbons (Fsp3) is 0.333. The van der Waals surface area contributed by atoms with E-state index in [2.05, 4.69) is 0 Å². The molecule has 0 heterocycles. The number of rotatable bonds is 4. The first-order valence-corrected chi connectivity index (χ1v) is 5.20. The number of hydrogen-bond acceptors (Lipinski definition) is 4. The fourth-order valence-electron chi connectivity index (χ4n) is 1.44. The second-order valence-electron chi connectivity index (χ2n) is 3.27. The van der Waals surface area contributed by atoms with Crippen molar-refractivity contribution in [3.8, 4) is 0 Å². The lowest BCUT2D eigenvalue weighted by atomic mass is 10.00. The molecule has 2 N–H and O–H groups in total. The number of carbonyl (C=O) groups excluding carboxylic acids is 2. The zero-order valence-electron chi connectivity index (χ0n) is 9.45. The molecule has 1 aromatic carbocycles. The highest BCUT2D eigenvalue weighted by Crippen LogP contribution is 2.19. The van der Waals surface area contributed by atoms with Crippen molar-refractivity contribution in [3.05, 3.63) is 29.3 Å². The Morgan fingerprint density at radius 2 is 2.00 bits per heavy atom. The van der Waals surface area contributed by atoms with Crippen molar-refractivity contribution in [2.24, 2.45) is 0 Å². The van der Waals surface area contributed by atoms with Gasteiger partial charge in [-0.1, -0.05) is 13.0 Å². The molecule has 16 heavy (non-hydrogen) atoms. The number of benzene rings is 1. The molecule has 1 rings (SSSR count). The standard InChI is InChI=1S/C12H15NO3/c1-3-10(14)11-8(12(15)16-4-2)6-5-7-9(11)13/h5-7H,3-4,13H2,1-2H3. The molecule has 0 radical (unpaired) electrons. The van der Waals surface area contributed by atoms with Crippen molar-refractivity contribution < 1.29 is 14.3 Å². The zero-order valence-corrected chi connectivity index (χ0v) is 9.45. The van der Waals surface area contributed by atoms with Gasteiger partial charge in [0.25, 0.3) is 0 Å². The van der Waals surface area contributed by atoms with Crippen LogP contribution in [0.15, 0.2) is 18.2 Å². The molecular formula is C12H15NO3. The number of nitrogens with two attached hydrogens (primary N) is 1. The van der Waals surface area contributed by atoms with E-state index in [1.165, 1.54) is 0 Å². The minimum Gasteiger partial charge on any atom is -0.462 e. The second-order valence-corrected chi connectivity index (χ2v) is 3.27. The van der Waals surface area contributed by atoms with E-state index >= 15 is 0 Å². The van der Waals surface area contributed by atoms with Crippen LogP contribution < -0.4 is 5.73 Å². The topological polar surface area (TPSA) is 69.4 Å². The molecule has 0 atom stereocenters. The van der Waals surface area contributed by atoms with Crippen LogP contribution in [0.5, 0.6) is 0 Å². The van der Waals surface area contributed by atoms with E-state index < -0.39 is 5.97 Å². The van der Waals surface area contributed by atoms with E-state index in [9.17, 15) is 9.59 Å². The maximum atomic E-state index is 11.7. The van der Waals surface area contributed by atoms with Crippen molar-refractivity contribution in [2.75, 3.05) is 12.3 Å². The Kier molecular flexibility index (Phi) is 4.05. The number of esters is 1. The zero-order chi connectivity index (χ0) is 12.1. The van der Waals surface area contributed by atoms with Crippen LogP contribution in [0.3, 0.4) is 0 Å².